The summed E-state index contributed by atoms with van der Waals surface area (Å²) in [7, 11) is 4.09. The minimum absolute atomic E-state index is 0.361. The Bertz CT molecular complexity index is 349. The minimum Gasteiger partial charge on any atom is -0.357 e. The second-order valence-electron chi connectivity index (χ2n) is 5.05. The molecule has 1 N–H and O–H groups in total. The molecule has 0 radical (unpaired) electrons. The van der Waals surface area contributed by atoms with Crippen LogP contribution in [-0.4, -0.2) is 25.1 Å². The van der Waals surface area contributed by atoms with Crippen LogP contribution in [0.25, 0.3) is 0 Å². The normalized spacial score (nSPS) is 14.8. The van der Waals surface area contributed by atoms with Gasteiger partial charge in [0, 0.05) is 25.3 Å². The molecule has 0 aliphatic carbocycles. The lowest BCUT2D eigenvalue weighted by molar-refractivity contribution is 0.502. The number of pyridine rings is 1. The van der Waals surface area contributed by atoms with Crippen molar-refractivity contribution < 1.29 is 0 Å². The van der Waals surface area contributed by atoms with E-state index in [2.05, 4.69) is 62.1 Å². The fraction of sp³-hybridized carbons (Fsp3) is 0.643. The summed E-state index contributed by atoms with van der Waals surface area (Å²) in [4.78, 5) is 6.70. The lowest BCUT2D eigenvalue weighted by atomic mass is 10.0. The maximum atomic E-state index is 4.46. The number of aromatic nitrogens is 1. The number of anilines is 1. The maximum absolute atomic E-state index is 4.46. The van der Waals surface area contributed by atoms with Crippen LogP contribution >= 0.6 is 0 Å². The van der Waals surface area contributed by atoms with Crippen molar-refractivity contribution in [1.82, 2.24) is 10.3 Å². The standard InChI is InChI=1S/C14H25N3/c1-10(2)12(4)17(6)14-9-13(7-8-16-14)11(3)15-5/h7-12,15H,1-6H3. The average Bonchev–Trinajstić information content (AvgIpc) is 2.36. The Morgan fingerprint density at radius 3 is 2.41 bits per heavy atom. The van der Waals surface area contributed by atoms with E-state index in [1.54, 1.807) is 0 Å². The van der Waals surface area contributed by atoms with Crippen LogP contribution < -0.4 is 10.2 Å². The first kappa shape index (κ1) is 14.0. The van der Waals surface area contributed by atoms with Crippen LogP contribution in [0.3, 0.4) is 0 Å². The number of hydrogen-bond acceptors (Lipinski definition) is 3. The van der Waals surface area contributed by atoms with Crippen molar-refractivity contribution in [3.8, 4) is 0 Å². The largest absolute Gasteiger partial charge is 0.357 e. The van der Waals surface area contributed by atoms with Gasteiger partial charge in [0.05, 0.1) is 0 Å². The lowest BCUT2D eigenvalue weighted by Gasteiger charge is -2.29. The molecule has 0 amide bonds. The Hall–Kier alpha value is -1.09. The highest BCUT2D eigenvalue weighted by molar-refractivity contribution is 5.42. The topological polar surface area (TPSA) is 28.2 Å². The summed E-state index contributed by atoms with van der Waals surface area (Å²) >= 11 is 0. The van der Waals surface area contributed by atoms with E-state index in [-0.39, 0.29) is 0 Å². The van der Waals surface area contributed by atoms with Crippen molar-refractivity contribution in [2.24, 2.45) is 5.92 Å². The summed E-state index contributed by atoms with van der Waals surface area (Å²) in [5, 5.41) is 3.25. The van der Waals surface area contributed by atoms with E-state index in [1.807, 2.05) is 13.2 Å². The second kappa shape index (κ2) is 6.01. The van der Waals surface area contributed by atoms with Crippen LogP contribution in [0.15, 0.2) is 18.3 Å². The van der Waals surface area contributed by atoms with Crippen LogP contribution in [0.2, 0.25) is 0 Å². The molecule has 1 aromatic heterocycles. The molecule has 3 nitrogen and oxygen atoms in total. The average molecular weight is 235 g/mol. The summed E-state index contributed by atoms with van der Waals surface area (Å²) in [5.41, 5.74) is 1.28. The summed E-state index contributed by atoms with van der Waals surface area (Å²) in [5.74, 6) is 1.66. The van der Waals surface area contributed by atoms with E-state index >= 15 is 0 Å². The first-order chi connectivity index (χ1) is 7.97. The van der Waals surface area contributed by atoms with E-state index < -0.39 is 0 Å². The van der Waals surface area contributed by atoms with E-state index in [0.29, 0.717) is 18.0 Å². The summed E-state index contributed by atoms with van der Waals surface area (Å²) in [6, 6.07) is 5.08. The van der Waals surface area contributed by atoms with Gasteiger partial charge in [-0.2, -0.15) is 0 Å². The molecule has 0 aliphatic heterocycles. The van der Waals surface area contributed by atoms with Gasteiger partial charge in [-0.3, -0.25) is 0 Å². The smallest absolute Gasteiger partial charge is 0.128 e. The molecule has 1 heterocycles. The molecule has 0 saturated heterocycles. The van der Waals surface area contributed by atoms with Crippen LogP contribution in [0.1, 0.15) is 39.3 Å². The highest BCUT2D eigenvalue weighted by Crippen LogP contribution is 2.20. The van der Waals surface area contributed by atoms with Gasteiger partial charge in [0.15, 0.2) is 0 Å². The zero-order valence-corrected chi connectivity index (χ0v) is 11.9. The molecule has 17 heavy (non-hydrogen) atoms. The lowest BCUT2D eigenvalue weighted by Crippen LogP contribution is -2.33. The van der Waals surface area contributed by atoms with Gasteiger partial charge in [-0.25, -0.2) is 4.98 Å². The Morgan fingerprint density at radius 1 is 1.24 bits per heavy atom. The van der Waals surface area contributed by atoms with Gasteiger partial charge in [-0.05, 0) is 44.5 Å². The minimum atomic E-state index is 0.361. The van der Waals surface area contributed by atoms with Gasteiger partial charge < -0.3 is 10.2 Å². The molecule has 2 unspecified atom stereocenters. The van der Waals surface area contributed by atoms with Crippen molar-refractivity contribution in [2.75, 3.05) is 19.0 Å². The van der Waals surface area contributed by atoms with Gasteiger partial charge >= 0.3 is 0 Å². The van der Waals surface area contributed by atoms with E-state index in [0.717, 1.165) is 5.82 Å². The quantitative estimate of drug-likeness (QED) is 0.850. The number of nitrogens with one attached hydrogen (secondary N) is 1. The molecular weight excluding hydrogens is 210 g/mol. The monoisotopic (exact) mass is 235 g/mol. The zero-order chi connectivity index (χ0) is 13.0. The highest BCUT2D eigenvalue weighted by Gasteiger charge is 2.15. The summed E-state index contributed by atoms with van der Waals surface area (Å²) in [6.45, 7) is 8.87. The SMILES string of the molecule is CNC(C)c1ccnc(N(C)C(C)C(C)C)c1. The Balaban J connectivity index is 2.91. The molecule has 3 heteroatoms. The van der Waals surface area contributed by atoms with Crippen molar-refractivity contribution in [2.45, 2.75) is 39.8 Å². The Labute approximate surface area is 105 Å². The Morgan fingerprint density at radius 2 is 1.88 bits per heavy atom. The number of rotatable bonds is 5. The Kier molecular flexibility index (Phi) is 4.94. The van der Waals surface area contributed by atoms with Gasteiger partial charge in [-0.1, -0.05) is 13.8 Å². The summed E-state index contributed by atoms with van der Waals surface area (Å²) in [6.07, 6.45) is 1.89. The molecule has 0 saturated carbocycles. The molecule has 2 atom stereocenters. The molecule has 0 bridgehead atoms. The van der Waals surface area contributed by atoms with Gasteiger partial charge in [-0.15, -0.1) is 0 Å². The van der Waals surface area contributed by atoms with Gasteiger partial charge in [0.25, 0.3) is 0 Å². The molecule has 0 aromatic carbocycles. The molecule has 1 aromatic rings. The fourth-order valence-corrected chi connectivity index (χ4v) is 1.72. The number of hydrogen-bond donors (Lipinski definition) is 1. The predicted octanol–water partition coefficient (Wildman–Crippen LogP) is 2.84. The van der Waals surface area contributed by atoms with Crippen molar-refractivity contribution in [3.05, 3.63) is 23.9 Å². The van der Waals surface area contributed by atoms with Crippen LogP contribution in [0, 0.1) is 5.92 Å². The van der Waals surface area contributed by atoms with Gasteiger partial charge in [0.1, 0.15) is 5.82 Å². The van der Waals surface area contributed by atoms with Crippen LogP contribution in [-0.2, 0) is 0 Å². The third kappa shape index (κ3) is 3.43. The third-order valence-electron chi connectivity index (χ3n) is 3.64. The third-order valence-corrected chi connectivity index (χ3v) is 3.64. The van der Waals surface area contributed by atoms with Crippen LogP contribution in [0.5, 0.6) is 0 Å². The molecule has 96 valence electrons. The van der Waals surface area contributed by atoms with E-state index in [1.165, 1.54) is 5.56 Å². The summed E-state index contributed by atoms with van der Waals surface area (Å²) < 4.78 is 0. The molecule has 0 aliphatic rings. The van der Waals surface area contributed by atoms with Crippen molar-refractivity contribution >= 4 is 5.82 Å². The molecule has 0 fully saturated rings. The van der Waals surface area contributed by atoms with Crippen LogP contribution in [0.4, 0.5) is 5.82 Å². The van der Waals surface area contributed by atoms with Crippen molar-refractivity contribution in [3.63, 3.8) is 0 Å². The van der Waals surface area contributed by atoms with Gasteiger partial charge in [0.2, 0.25) is 0 Å². The van der Waals surface area contributed by atoms with E-state index in [9.17, 15) is 0 Å². The van der Waals surface area contributed by atoms with E-state index in [4.69, 9.17) is 0 Å². The predicted molar refractivity (Wildman–Crippen MR) is 74.4 cm³/mol. The zero-order valence-electron chi connectivity index (χ0n) is 11.9. The first-order valence-corrected chi connectivity index (χ1v) is 6.33. The second-order valence-corrected chi connectivity index (χ2v) is 5.05. The maximum Gasteiger partial charge on any atom is 0.128 e. The van der Waals surface area contributed by atoms with Crippen molar-refractivity contribution in [1.29, 1.82) is 0 Å². The fourth-order valence-electron chi connectivity index (χ4n) is 1.72. The number of nitrogens with zero attached hydrogens (tertiary/aromatic N) is 2. The first-order valence-electron chi connectivity index (χ1n) is 6.33. The molecule has 0 spiro atoms. The molecular formula is C14H25N3. The highest BCUT2D eigenvalue weighted by atomic mass is 15.2. The molecule has 1 rings (SSSR count).